The topological polar surface area (TPSA) is 142 Å². The van der Waals surface area contributed by atoms with E-state index in [1.54, 1.807) is 48.5 Å². The van der Waals surface area contributed by atoms with E-state index in [1.165, 1.54) is 24.3 Å². The predicted molar refractivity (Wildman–Crippen MR) is 120 cm³/mol. The minimum atomic E-state index is -4.76. The lowest BCUT2D eigenvalue weighted by Crippen LogP contribution is -2.01. The molecule has 0 saturated carbocycles. The van der Waals surface area contributed by atoms with Crippen LogP contribution in [0, 0.1) is 0 Å². The van der Waals surface area contributed by atoms with Gasteiger partial charge < -0.3 is 10.8 Å². The van der Waals surface area contributed by atoms with Crippen LogP contribution in [0.3, 0.4) is 0 Å². The maximum absolute atomic E-state index is 12.9. The molecule has 0 aromatic heterocycles. The summed E-state index contributed by atoms with van der Waals surface area (Å²) in [7, 11) is -4.76. The summed E-state index contributed by atoms with van der Waals surface area (Å²) >= 11 is 0. The number of hydrogen-bond donors (Lipinski definition) is 3. The van der Waals surface area contributed by atoms with Crippen molar-refractivity contribution in [3.63, 3.8) is 0 Å². The van der Waals surface area contributed by atoms with Gasteiger partial charge in [-0.3, -0.25) is 9.35 Å². The van der Waals surface area contributed by atoms with Gasteiger partial charge in [0.25, 0.3) is 10.1 Å². The molecule has 0 fully saturated rings. The van der Waals surface area contributed by atoms with Crippen molar-refractivity contribution in [3.05, 3.63) is 90.0 Å². The first-order valence-electron chi connectivity index (χ1n) is 9.39. The summed E-state index contributed by atoms with van der Waals surface area (Å²) < 4.78 is 33.6. The molecule has 4 rings (SSSR count). The fourth-order valence-electron chi connectivity index (χ4n) is 3.27. The first kappa shape index (κ1) is 21.2. The average molecular weight is 447 g/mol. The van der Waals surface area contributed by atoms with Crippen molar-refractivity contribution in [2.45, 2.75) is 4.90 Å². The Morgan fingerprint density at radius 2 is 1.56 bits per heavy atom. The molecule has 0 saturated heterocycles. The van der Waals surface area contributed by atoms with Crippen molar-refractivity contribution in [2.24, 2.45) is 10.2 Å². The minimum absolute atomic E-state index is 0.166. The van der Waals surface area contributed by atoms with Gasteiger partial charge in [-0.15, -0.1) is 10.2 Å². The van der Waals surface area contributed by atoms with E-state index in [0.29, 0.717) is 16.6 Å². The molecule has 0 aliphatic rings. The summed E-state index contributed by atoms with van der Waals surface area (Å²) in [6.45, 7) is 0. The number of nitrogen functional groups attached to an aromatic ring is 1. The van der Waals surface area contributed by atoms with E-state index in [2.05, 4.69) is 10.2 Å². The van der Waals surface area contributed by atoms with Gasteiger partial charge in [0.1, 0.15) is 10.6 Å². The Labute approximate surface area is 183 Å². The molecule has 32 heavy (non-hydrogen) atoms. The van der Waals surface area contributed by atoms with Crippen LogP contribution in [0.4, 0.5) is 17.1 Å². The zero-order chi connectivity index (χ0) is 22.9. The molecule has 0 unspecified atom stereocenters. The van der Waals surface area contributed by atoms with Gasteiger partial charge in [-0.2, -0.15) is 8.42 Å². The number of rotatable bonds is 5. The molecule has 160 valence electrons. The van der Waals surface area contributed by atoms with Crippen LogP contribution in [0.2, 0.25) is 0 Å². The van der Waals surface area contributed by atoms with Gasteiger partial charge in [-0.1, -0.05) is 42.5 Å². The number of phenols is 1. The van der Waals surface area contributed by atoms with Gasteiger partial charge in [0.2, 0.25) is 0 Å². The number of azo groups is 1. The Morgan fingerprint density at radius 3 is 2.28 bits per heavy atom. The Kier molecular flexibility index (Phi) is 5.43. The number of nitrogens with zero attached hydrogens (tertiary/aromatic N) is 2. The summed E-state index contributed by atoms with van der Waals surface area (Å²) in [6, 6.07) is 20.6. The second-order valence-corrected chi connectivity index (χ2v) is 8.33. The van der Waals surface area contributed by atoms with Gasteiger partial charge in [0.05, 0.1) is 11.3 Å². The molecule has 0 atom stereocenters. The van der Waals surface area contributed by atoms with Crippen molar-refractivity contribution in [1.82, 2.24) is 0 Å². The van der Waals surface area contributed by atoms with Gasteiger partial charge in [0.15, 0.2) is 11.5 Å². The van der Waals surface area contributed by atoms with Crippen molar-refractivity contribution in [2.75, 3.05) is 5.73 Å². The SMILES string of the molecule is Nc1ccc2c(O)c(N=Nc3ccccc3C(=O)c3ccccc3)c(S(=O)(=O)O)cc2c1. The number of anilines is 1. The highest BCUT2D eigenvalue weighted by atomic mass is 32.2. The van der Waals surface area contributed by atoms with E-state index in [9.17, 15) is 22.9 Å². The second kappa shape index (κ2) is 8.22. The average Bonchev–Trinajstić information content (AvgIpc) is 2.78. The normalized spacial score (nSPS) is 11.8. The van der Waals surface area contributed by atoms with Crippen LogP contribution in [0.1, 0.15) is 15.9 Å². The highest BCUT2D eigenvalue weighted by molar-refractivity contribution is 7.86. The molecule has 0 amide bonds. The summed E-state index contributed by atoms with van der Waals surface area (Å²) in [5.41, 5.74) is 6.48. The summed E-state index contributed by atoms with van der Waals surface area (Å²) in [4.78, 5) is 12.2. The Balaban J connectivity index is 1.86. The van der Waals surface area contributed by atoms with E-state index < -0.39 is 26.5 Å². The number of hydrogen-bond acceptors (Lipinski definition) is 7. The lowest BCUT2D eigenvalue weighted by Gasteiger charge is -2.09. The monoisotopic (exact) mass is 447 g/mol. The number of nitrogens with two attached hydrogens (primary N) is 1. The maximum atomic E-state index is 12.9. The molecule has 0 bridgehead atoms. The molecule has 0 aliphatic carbocycles. The largest absolute Gasteiger partial charge is 0.505 e. The van der Waals surface area contributed by atoms with Crippen LogP contribution in [0.5, 0.6) is 5.75 Å². The number of fused-ring (bicyclic) bond motifs is 1. The number of phenolic OH excluding ortho intramolecular Hbond substituents is 1. The molecule has 4 aromatic rings. The van der Waals surface area contributed by atoms with Crippen molar-refractivity contribution >= 4 is 43.7 Å². The van der Waals surface area contributed by atoms with E-state index in [-0.39, 0.29) is 22.4 Å². The standard InChI is InChI=1S/C23H17N3O5S/c24-16-10-11-17-15(12-16)13-20(32(29,30)31)21(23(17)28)26-25-19-9-5-4-8-18(19)22(27)14-6-2-1-3-7-14/h1-13,28H,24H2,(H,29,30,31). The van der Waals surface area contributed by atoms with Gasteiger partial charge in [0, 0.05) is 16.6 Å². The van der Waals surface area contributed by atoms with Crippen LogP contribution in [0.15, 0.2) is 94.0 Å². The summed E-state index contributed by atoms with van der Waals surface area (Å²) in [5, 5.41) is 19.2. The molecule has 0 radical (unpaired) electrons. The Bertz CT molecular complexity index is 1480. The highest BCUT2D eigenvalue weighted by Gasteiger charge is 2.22. The number of carbonyl (C=O) groups is 1. The quantitative estimate of drug-likeness (QED) is 0.170. The third-order valence-corrected chi connectivity index (χ3v) is 5.66. The lowest BCUT2D eigenvalue weighted by atomic mass is 10.0. The Morgan fingerprint density at radius 1 is 0.875 bits per heavy atom. The van der Waals surface area contributed by atoms with Gasteiger partial charge in [-0.25, -0.2) is 0 Å². The van der Waals surface area contributed by atoms with Crippen LogP contribution in [0.25, 0.3) is 10.8 Å². The summed E-state index contributed by atoms with van der Waals surface area (Å²) in [6.07, 6.45) is 0. The predicted octanol–water partition coefficient (Wildman–Crippen LogP) is 5.02. The minimum Gasteiger partial charge on any atom is -0.505 e. The maximum Gasteiger partial charge on any atom is 0.296 e. The molecule has 4 N–H and O–H groups in total. The van der Waals surface area contributed by atoms with E-state index in [1.807, 2.05) is 0 Å². The lowest BCUT2D eigenvalue weighted by molar-refractivity contribution is 0.103. The second-order valence-electron chi connectivity index (χ2n) is 6.94. The highest BCUT2D eigenvalue weighted by Crippen LogP contribution is 2.42. The number of carbonyl (C=O) groups excluding carboxylic acids is 1. The molecule has 8 nitrogen and oxygen atoms in total. The molecule has 0 spiro atoms. The van der Waals surface area contributed by atoms with Crippen molar-refractivity contribution in [3.8, 4) is 5.75 Å². The van der Waals surface area contributed by atoms with Crippen LogP contribution < -0.4 is 5.73 Å². The molecule has 0 aliphatic heterocycles. The van der Waals surface area contributed by atoms with Crippen LogP contribution >= 0.6 is 0 Å². The fourth-order valence-corrected chi connectivity index (χ4v) is 3.92. The van der Waals surface area contributed by atoms with Crippen LogP contribution in [-0.4, -0.2) is 23.9 Å². The van der Waals surface area contributed by atoms with Crippen LogP contribution in [-0.2, 0) is 10.1 Å². The van der Waals surface area contributed by atoms with Gasteiger partial charge in [-0.05, 0) is 41.8 Å². The number of aromatic hydroxyl groups is 1. The van der Waals surface area contributed by atoms with E-state index in [4.69, 9.17) is 5.73 Å². The molecule has 4 aromatic carbocycles. The first-order chi connectivity index (χ1) is 15.3. The van der Waals surface area contributed by atoms with Gasteiger partial charge >= 0.3 is 0 Å². The first-order valence-corrected chi connectivity index (χ1v) is 10.8. The zero-order valence-electron chi connectivity index (χ0n) is 16.5. The number of benzene rings is 4. The zero-order valence-corrected chi connectivity index (χ0v) is 17.3. The van der Waals surface area contributed by atoms with E-state index in [0.717, 1.165) is 6.07 Å². The molecule has 9 heteroatoms. The summed E-state index contributed by atoms with van der Waals surface area (Å²) in [5.74, 6) is -0.792. The fraction of sp³-hybridized carbons (Fsp3) is 0. The van der Waals surface area contributed by atoms with Crippen molar-refractivity contribution in [1.29, 1.82) is 0 Å². The van der Waals surface area contributed by atoms with E-state index >= 15 is 0 Å². The third kappa shape index (κ3) is 4.07. The molecular weight excluding hydrogens is 430 g/mol. The smallest absolute Gasteiger partial charge is 0.296 e. The molecular formula is C23H17N3O5S. The third-order valence-electron chi connectivity index (χ3n) is 4.80. The van der Waals surface area contributed by atoms with Crippen molar-refractivity contribution < 1.29 is 22.9 Å². The number of ketones is 1. The molecule has 0 heterocycles. The Hall–Kier alpha value is -4.08.